The summed E-state index contributed by atoms with van der Waals surface area (Å²) in [4.78, 5) is 20.0. The maximum Gasteiger partial charge on any atom is 0.266 e. The fourth-order valence-electron chi connectivity index (χ4n) is 2.80. The number of rotatable bonds is 8. The highest BCUT2D eigenvalue weighted by atomic mass is 32.2. The molecular formula is C22H24N2O4S. The molecule has 0 N–H and O–H groups in total. The van der Waals surface area contributed by atoms with Crippen molar-refractivity contribution in [2.24, 2.45) is 4.99 Å². The molecule has 1 amide bonds. The Labute approximate surface area is 175 Å². The smallest absolute Gasteiger partial charge is 0.266 e. The van der Waals surface area contributed by atoms with E-state index in [9.17, 15) is 4.79 Å². The second kappa shape index (κ2) is 10.1. The Balaban J connectivity index is 1.91. The first-order valence-electron chi connectivity index (χ1n) is 9.31. The van der Waals surface area contributed by atoms with Gasteiger partial charge in [-0.05, 0) is 54.6 Å². The van der Waals surface area contributed by atoms with Crippen molar-refractivity contribution in [3.8, 4) is 11.5 Å². The molecule has 2 aromatic carbocycles. The zero-order valence-electron chi connectivity index (χ0n) is 16.8. The van der Waals surface area contributed by atoms with Crippen molar-refractivity contribution < 1.29 is 19.0 Å². The topological polar surface area (TPSA) is 60.4 Å². The molecule has 1 aliphatic rings. The minimum Gasteiger partial charge on any atom is -0.493 e. The maximum absolute atomic E-state index is 13.0. The molecule has 29 heavy (non-hydrogen) atoms. The van der Waals surface area contributed by atoms with Crippen LogP contribution in [0, 0.1) is 0 Å². The molecule has 1 aliphatic heterocycles. The van der Waals surface area contributed by atoms with E-state index in [1.165, 1.54) is 11.8 Å². The lowest BCUT2D eigenvalue weighted by atomic mass is 10.2. The first-order chi connectivity index (χ1) is 14.2. The number of aliphatic imine (C=N–C) groups is 1. The van der Waals surface area contributed by atoms with Crippen molar-refractivity contribution in [2.45, 2.75) is 6.92 Å². The second-order valence-corrected chi connectivity index (χ2v) is 7.12. The normalized spacial score (nSPS) is 16.7. The van der Waals surface area contributed by atoms with Crippen LogP contribution in [0.1, 0.15) is 12.5 Å². The van der Waals surface area contributed by atoms with Crippen molar-refractivity contribution in [3.05, 3.63) is 59.0 Å². The van der Waals surface area contributed by atoms with Gasteiger partial charge in [-0.15, -0.1) is 0 Å². The molecule has 0 aliphatic carbocycles. The molecule has 7 heteroatoms. The van der Waals surface area contributed by atoms with E-state index in [0.29, 0.717) is 41.3 Å². The summed E-state index contributed by atoms with van der Waals surface area (Å²) in [7, 11) is 3.18. The van der Waals surface area contributed by atoms with Gasteiger partial charge in [-0.25, -0.2) is 4.99 Å². The molecule has 0 atom stereocenters. The Morgan fingerprint density at radius 2 is 1.83 bits per heavy atom. The number of para-hydroxylation sites is 1. The lowest BCUT2D eigenvalue weighted by Crippen LogP contribution is -2.32. The van der Waals surface area contributed by atoms with Crippen molar-refractivity contribution >= 4 is 34.6 Å². The SMILES string of the molecule is CCOCCN1C(=O)C(=Cc2ccc(OC)c(OC)c2)SC1=Nc1ccccc1. The van der Waals surface area contributed by atoms with Gasteiger partial charge in [0.1, 0.15) is 0 Å². The Morgan fingerprint density at radius 3 is 2.52 bits per heavy atom. The van der Waals surface area contributed by atoms with Gasteiger partial charge in [-0.1, -0.05) is 24.3 Å². The largest absolute Gasteiger partial charge is 0.493 e. The molecule has 152 valence electrons. The number of amides is 1. The number of carbonyl (C=O) groups is 1. The van der Waals surface area contributed by atoms with Crippen LogP contribution in [0.2, 0.25) is 0 Å². The molecule has 0 radical (unpaired) electrons. The lowest BCUT2D eigenvalue weighted by molar-refractivity contribution is -0.122. The zero-order chi connectivity index (χ0) is 20.6. The number of hydrogen-bond acceptors (Lipinski definition) is 6. The Morgan fingerprint density at radius 1 is 1.07 bits per heavy atom. The monoisotopic (exact) mass is 412 g/mol. The number of thioether (sulfide) groups is 1. The lowest BCUT2D eigenvalue weighted by Gasteiger charge is -2.15. The van der Waals surface area contributed by atoms with E-state index in [-0.39, 0.29) is 5.91 Å². The number of nitrogens with zero attached hydrogens (tertiary/aromatic N) is 2. The zero-order valence-corrected chi connectivity index (χ0v) is 17.6. The fraction of sp³-hybridized carbons (Fsp3) is 0.273. The van der Waals surface area contributed by atoms with Gasteiger partial charge in [0.05, 0.1) is 38.0 Å². The highest BCUT2D eigenvalue weighted by Gasteiger charge is 2.33. The summed E-state index contributed by atoms with van der Waals surface area (Å²) in [5.74, 6) is 1.17. The molecule has 0 unspecified atom stereocenters. The van der Waals surface area contributed by atoms with Crippen molar-refractivity contribution in [3.63, 3.8) is 0 Å². The van der Waals surface area contributed by atoms with Gasteiger partial charge in [0, 0.05) is 6.61 Å². The summed E-state index contributed by atoms with van der Waals surface area (Å²) >= 11 is 1.36. The summed E-state index contributed by atoms with van der Waals surface area (Å²) in [6, 6.07) is 15.2. The molecule has 0 bridgehead atoms. The fourth-order valence-corrected chi connectivity index (χ4v) is 3.82. The first-order valence-corrected chi connectivity index (χ1v) is 10.1. The molecule has 3 rings (SSSR count). The summed E-state index contributed by atoms with van der Waals surface area (Å²) in [6.07, 6.45) is 1.84. The van der Waals surface area contributed by atoms with Crippen LogP contribution in [0.4, 0.5) is 5.69 Å². The van der Waals surface area contributed by atoms with Gasteiger partial charge in [0.15, 0.2) is 16.7 Å². The highest BCUT2D eigenvalue weighted by Crippen LogP contribution is 2.35. The number of hydrogen-bond donors (Lipinski definition) is 0. The maximum atomic E-state index is 13.0. The van der Waals surface area contributed by atoms with E-state index < -0.39 is 0 Å². The molecule has 0 saturated carbocycles. The van der Waals surface area contributed by atoms with Gasteiger partial charge in [-0.3, -0.25) is 9.69 Å². The van der Waals surface area contributed by atoms with E-state index >= 15 is 0 Å². The Kier molecular flexibility index (Phi) is 7.32. The Hall–Kier alpha value is -2.77. The van der Waals surface area contributed by atoms with E-state index in [2.05, 4.69) is 4.99 Å². The number of benzene rings is 2. The quantitative estimate of drug-likeness (QED) is 0.477. The van der Waals surface area contributed by atoms with Gasteiger partial charge in [-0.2, -0.15) is 0 Å². The predicted molar refractivity (Wildman–Crippen MR) is 117 cm³/mol. The van der Waals surface area contributed by atoms with Gasteiger partial charge in [0.25, 0.3) is 5.91 Å². The number of amidine groups is 1. The van der Waals surface area contributed by atoms with E-state index in [1.54, 1.807) is 19.1 Å². The van der Waals surface area contributed by atoms with E-state index in [1.807, 2.05) is 61.5 Å². The highest BCUT2D eigenvalue weighted by molar-refractivity contribution is 8.18. The molecule has 2 aromatic rings. The molecule has 0 spiro atoms. The standard InChI is InChI=1S/C22H24N2O4S/c1-4-28-13-12-24-21(25)20(29-22(24)23-17-8-6-5-7-9-17)15-16-10-11-18(26-2)19(14-16)27-3/h5-11,14-15H,4,12-13H2,1-3H3. The number of methoxy groups -OCH3 is 2. The summed E-state index contributed by atoms with van der Waals surface area (Å²) in [5.41, 5.74) is 1.65. The Bertz CT molecular complexity index is 912. The van der Waals surface area contributed by atoms with E-state index in [4.69, 9.17) is 14.2 Å². The first kappa shape index (κ1) is 21.0. The molecule has 0 aromatic heterocycles. The van der Waals surface area contributed by atoms with Crippen LogP contribution < -0.4 is 9.47 Å². The minimum atomic E-state index is -0.0841. The number of carbonyl (C=O) groups excluding carboxylic acids is 1. The van der Waals surface area contributed by atoms with Crippen LogP contribution >= 0.6 is 11.8 Å². The summed E-state index contributed by atoms with van der Waals surface area (Å²) < 4.78 is 16.1. The van der Waals surface area contributed by atoms with Crippen LogP contribution in [0.15, 0.2) is 58.4 Å². The van der Waals surface area contributed by atoms with E-state index in [0.717, 1.165) is 11.3 Å². The summed E-state index contributed by atoms with van der Waals surface area (Å²) in [5, 5.41) is 0.646. The van der Waals surface area contributed by atoms with Crippen LogP contribution in [0.3, 0.4) is 0 Å². The third-order valence-corrected chi connectivity index (χ3v) is 5.24. The third-order valence-electron chi connectivity index (χ3n) is 4.24. The molecule has 6 nitrogen and oxygen atoms in total. The molecule has 1 saturated heterocycles. The van der Waals surface area contributed by atoms with Crippen LogP contribution in [0.5, 0.6) is 11.5 Å². The predicted octanol–water partition coefficient (Wildman–Crippen LogP) is 4.34. The van der Waals surface area contributed by atoms with Crippen LogP contribution in [-0.4, -0.2) is 50.0 Å². The molecule has 1 fully saturated rings. The van der Waals surface area contributed by atoms with Gasteiger partial charge >= 0.3 is 0 Å². The number of ether oxygens (including phenoxy) is 3. The average molecular weight is 413 g/mol. The summed E-state index contributed by atoms with van der Waals surface area (Å²) in [6.45, 7) is 3.45. The molecule has 1 heterocycles. The van der Waals surface area contributed by atoms with Gasteiger partial charge in [0.2, 0.25) is 0 Å². The average Bonchev–Trinajstić information content (AvgIpc) is 3.03. The van der Waals surface area contributed by atoms with Crippen molar-refractivity contribution in [2.75, 3.05) is 34.0 Å². The van der Waals surface area contributed by atoms with Gasteiger partial charge < -0.3 is 14.2 Å². The minimum absolute atomic E-state index is 0.0841. The third kappa shape index (κ3) is 5.19. The van der Waals surface area contributed by atoms with Crippen LogP contribution in [0.25, 0.3) is 6.08 Å². The van der Waals surface area contributed by atoms with Crippen LogP contribution in [-0.2, 0) is 9.53 Å². The second-order valence-electron chi connectivity index (χ2n) is 6.11. The van der Waals surface area contributed by atoms with Crippen molar-refractivity contribution in [1.29, 1.82) is 0 Å². The molecular weight excluding hydrogens is 388 g/mol. The van der Waals surface area contributed by atoms with Crippen molar-refractivity contribution in [1.82, 2.24) is 4.90 Å².